The number of alkyl halides is 3. The Labute approximate surface area is 265 Å². The standard InChI is InChI=1S/C29H20F4N4O6S3/c30-16-6-4-14(5-7-16)21-22-23(26(40)37(25(22)39)18-3-1-2-15(12-18)29(31,32)33)44-27-24(21)45-28(41)36(27)13-20(38)35-17-8-10-19(11-9-17)46(34,42)43/h1-12,21-23H,13H2,(H,35,38)(H2,34,42,43)/t21-,22-,23+/m0/s1. The third-order valence-corrected chi connectivity index (χ3v) is 11.0. The van der Waals surface area contributed by atoms with Gasteiger partial charge < -0.3 is 5.32 Å². The zero-order valence-corrected chi connectivity index (χ0v) is 25.5. The van der Waals surface area contributed by atoms with Crippen molar-refractivity contribution in [2.75, 3.05) is 10.2 Å². The third-order valence-electron chi connectivity index (χ3n) is 7.48. The summed E-state index contributed by atoms with van der Waals surface area (Å²) in [5, 5.41) is 6.67. The van der Waals surface area contributed by atoms with Gasteiger partial charge >= 0.3 is 11.0 Å². The Bertz CT molecular complexity index is 2060. The summed E-state index contributed by atoms with van der Waals surface area (Å²) in [6.07, 6.45) is -4.73. The first-order valence-corrected chi connectivity index (χ1v) is 16.5. The average molecular weight is 693 g/mol. The van der Waals surface area contributed by atoms with Gasteiger partial charge in [-0.1, -0.05) is 41.3 Å². The molecule has 3 N–H and O–H groups in total. The SMILES string of the molecule is NS(=O)(=O)c1ccc(NC(=O)Cn2c3c(sc2=O)[C@@H](c2ccc(F)cc2)[C@@H]2C(=O)N(c4cccc(C(F)(F)F)c4)C(=O)[C@@H]2S3)cc1. The summed E-state index contributed by atoms with van der Waals surface area (Å²) in [4.78, 5) is 54.1. The first-order chi connectivity index (χ1) is 21.6. The zero-order valence-electron chi connectivity index (χ0n) is 23.0. The molecule has 0 bridgehead atoms. The highest BCUT2D eigenvalue weighted by atomic mass is 32.2. The van der Waals surface area contributed by atoms with Gasteiger partial charge in [0, 0.05) is 16.5 Å². The van der Waals surface area contributed by atoms with Crippen molar-refractivity contribution in [3.63, 3.8) is 0 Å². The first-order valence-electron chi connectivity index (χ1n) is 13.3. The van der Waals surface area contributed by atoms with Crippen molar-refractivity contribution in [1.82, 2.24) is 4.57 Å². The lowest BCUT2D eigenvalue weighted by Gasteiger charge is -2.30. The fourth-order valence-electron chi connectivity index (χ4n) is 5.43. The quantitative estimate of drug-likeness (QED) is 0.228. The molecule has 1 fully saturated rings. The summed E-state index contributed by atoms with van der Waals surface area (Å²) in [7, 11) is -3.97. The number of nitrogens with zero attached hydrogens (tertiary/aromatic N) is 2. The zero-order chi connectivity index (χ0) is 33.1. The Balaban J connectivity index is 1.37. The number of carbonyl (C=O) groups is 3. The minimum Gasteiger partial charge on any atom is -0.325 e. The van der Waals surface area contributed by atoms with Crippen LogP contribution in [0.2, 0.25) is 0 Å². The number of anilines is 2. The van der Waals surface area contributed by atoms with Gasteiger partial charge in [0.1, 0.15) is 17.6 Å². The summed E-state index contributed by atoms with van der Waals surface area (Å²) < 4.78 is 78.5. The number of primary sulfonamides is 1. The molecule has 0 unspecified atom stereocenters. The molecule has 4 aromatic rings. The molecule has 0 saturated carbocycles. The van der Waals surface area contributed by atoms with E-state index in [1.54, 1.807) is 0 Å². The number of halogens is 4. The molecule has 2 aliphatic rings. The summed E-state index contributed by atoms with van der Waals surface area (Å²) in [6.45, 7) is -0.526. The molecule has 2 aliphatic heterocycles. The summed E-state index contributed by atoms with van der Waals surface area (Å²) in [6, 6.07) is 13.9. The van der Waals surface area contributed by atoms with Crippen LogP contribution in [0.4, 0.5) is 28.9 Å². The molecular weight excluding hydrogens is 673 g/mol. The summed E-state index contributed by atoms with van der Waals surface area (Å²) >= 11 is 1.59. The molecule has 0 aliphatic carbocycles. The van der Waals surface area contributed by atoms with Crippen molar-refractivity contribution in [1.29, 1.82) is 0 Å². The van der Waals surface area contributed by atoms with Gasteiger partial charge in [-0.15, -0.1) is 0 Å². The van der Waals surface area contributed by atoms with Crippen molar-refractivity contribution in [2.24, 2.45) is 11.1 Å². The fourth-order valence-corrected chi connectivity index (χ4v) is 8.72. The van der Waals surface area contributed by atoms with Crippen LogP contribution in [-0.4, -0.2) is 36.0 Å². The second kappa shape index (κ2) is 11.5. The fraction of sp³-hybridized carbons (Fsp3) is 0.172. The van der Waals surface area contributed by atoms with Crippen molar-refractivity contribution < 1.29 is 40.4 Å². The number of aromatic nitrogens is 1. The minimum absolute atomic E-state index is 0.179. The monoisotopic (exact) mass is 692 g/mol. The molecule has 3 amide bonds. The van der Waals surface area contributed by atoms with E-state index in [0.29, 0.717) is 21.4 Å². The number of nitrogens with two attached hydrogens (primary N) is 1. The van der Waals surface area contributed by atoms with Crippen LogP contribution >= 0.6 is 23.1 Å². The van der Waals surface area contributed by atoms with Crippen molar-refractivity contribution in [3.8, 4) is 0 Å². The van der Waals surface area contributed by atoms with Crippen LogP contribution in [0, 0.1) is 11.7 Å². The Morgan fingerprint density at radius 1 is 0.957 bits per heavy atom. The van der Waals surface area contributed by atoms with Gasteiger partial charge in [0.05, 0.1) is 27.1 Å². The van der Waals surface area contributed by atoms with Crippen molar-refractivity contribution in [2.45, 2.75) is 33.8 Å². The molecule has 46 heavy (non-hydrogen) atoms. The number of fused-ring (bicyclic) bond motifs is 2. The number of nitrogens with one attached hydrogen (secondary N) is 1. The highest BCUT2D eigenvalue weighted by molar-refractivity contribution is 8.00. The van der Waals surface area contributed by atoms with E-state index in [1.807, 2.05) is 0 Å². The molecule has 3 heterocycles. The smallest absolute Gasteiger partial charge is 0.325 e. The number of amides is 3. The van der Waals surface area contributed by atoms with E-state index in [4.69, 9.17) is 5.14 Å². The maximum atomic E-state index is 13.9. The van der Waals surface area contributed by atoms with E-state index in [1.165, 1.54) is 42.5 Å². The third kappa shape index (κ3) is 5.74. The predicted octanol–water partition coefficient (Wildman–Crippen LogP) is 4.15. The highest BCUT2D eigenvalue weighted by Crippen LogP contribution is 2.54. The molecule has 17 heteroatoms. The van der Waals surface area contributed by atoms with Gasteiger partial charge in [-0.25, -0.2) is 22.8 Å². The number of rotatable bonds is 6. The lowest BCUT2D eigenvalue weighted by atomic mass is 9.83. The molecular formula is C29H20F4N4O6S3. The second-order valence-electron chi connectivity index (χ2n) is 10.4. The summed E-state index contributed by atoms with van der Waals surface area (Å²) in [5.41, 5.74) is -0.731. The molecule has 3 atom stereocenters. The van der Waals surface area contributed by atoms with Crippen LogP contribution in [-0.2, 0) is 37.1 Å². The van der Waals surface area contributed by atoms with E-state index in [-0.39, 0.29) is 21.3 Å². The largest absolute Gasteiger partial charge is 0.416 e. The maximum absolute atomic E-state index is 13.9. The number of thiazole rings is 1. The number of hydrogen-bond acceptors (Lipinski definition) is 8. The predicted molar refractivity (Wildman–Crippen MR) is 160 cm³/mol. The Kier molecular flexibility index (Phi) is 7.90. The lowest BCUT2D eigenvalue weighted by Crippen LogP contribution is -2.33. The van der Waals surface area contributed by atoms with E-state index in [0.717, 1.165) is 51.9 Å². The van der Waals surface area contributed by atoms with Gasteiger partial charge in [-0.3, -0.25) is 23.7 Å². The Morgan fingerprint density at radius 3 is 2.26 bits per heavy atom. The molecule has 10 nitrogen and oxygen atoms in total. The number of imide groups is 1. The second-order valence-corrected chi connectivity index (χ2v) is 14.1. The molecule has 0 spiro atoms. The van der Waals surface area contributed by atoms with Crippen molar-refractivity contribution in [3.05, 3.63) is 104 Å². The van der Waals surface area contributed by atoms with Crippen LogP contribution in [0.5, 0.6) is 0 Å². The number of benzene rings is 3. The number of sulfonamides is 1. The molecule has 1 saturated heterocycles. The molecule has 0 radical (unpaired) electrons. The number of thioether (sulfide) groups is 1. The van der Waals surface area contributed by atoms with E-state index < -0.39 is 73.8 Å². The van der Waals surface area contributed by atoms with Gasteiger partial charge in [0.15, 0.2) is 0 Å². The molecule has 3 aromatic carbocycles. The number of hydrogen-bond donors (Lipinski definition) is 2. The van der Waals surface area contributed by atoms with Crippen LogP contribution in [0.3, 0.4) is 0 Å². The molecule has 6 rings (SSSR count). The van der Waals surface area contributed by atoms with Crippen LogP contribution in [0.1, 0.15) is 21.9 Å². The number of carbonyl (C=O) groups excluding carboxylic acids is 3. The molecule has 1 aromatic heterocycles. The average Bonchev–Trinajstić information content (AvgIpc) is 3.43. The Morgan fingerprint density at radius 2 is 1.63 bits per heavy atom. The summed E-state index contributed by atoms with van der Waals surface area (Å²) in [5.74, 6) is -4.95. The molecule has 238 valence electrons. The minimum atomic E-state index is -4.73. The van der Waals surface area contributed by atoms with Crippen LogP contribution in [0.25, 0.3) is 0 Å². The first kappa shape index (κ1) is 31.7. The topological polar surface area (TPSA) is 149 Å². The van der Waals surface area contributed by atoms with Gasteiger partial charge in [0.25, 0.3) is 0 Å². The van der Waals surface area contributed by atoms with Crippen LogP contribution in [0.15, 0.2) is 87.5 Å². The van der Waals surface area contributed by atoms with Crippen molar-refractivity contribution >= 4 is 62.2 Å². The highest BCUT2D eigenvalue weighted by Gasteiger charge is 2.57. The van der Waals surface area contributed by atoms with E-state index in [2.05, 4.69) is 5.32 Å². The van der Waals surface area contributed by atoms with Gasteiger partial charge in [-0.2, -0.15) is 13.2 Å². The van der Waals surface area contributed by atoms with Gasteiger partial charge in [0.2, 0.25) is 27.7 Å². The van der Waals surface area contributed by atoms with Gasteiger partial charge in [-0.05, 0) is 60.2 Å². The normalized spacial score (nSPS) is 19.6. The van der Waals surface area contributed by atoms with E-state index in [9.17, 15) is 45.2 Å². The lowest BCUT2D eigenvalue weighted by molar-refractivity contribution is -0.137. The maximum Gasteiger partial charge on any atom is 0.416 e. The Hall–Kier alpha value is -4.32. The van der Waals surface area contributed by atoms with E-state index >= 15 is 0 Å². The van der Waals surface area contributed by atoms with Crippen LogP contribution < -0.4 is 20.2 Å².